The molecule has 0 saturated carbocycles. The van der Waals surface area contributed by atoms with Gasteiger partial charge in [0, 0.05) is 19.1 Å². The molecule has 4 nitrogen and oxygen atoms in total. The Balaban J connectivity index is 2.06. The molecule has 1 aromatic rings. The van der Waals surface area contributed by atoms with Crippen molar-refractivity contribution < 1.29 is 14.3 Å². The van der Waals surface area contributed by atoms with Crippen LogP contribution in [0.1, 0.15) is 28.8 Å². The van der Waals surface area contributed by atoms with Crippen molar-refractivity contribution >= 4 is 5.97 Å². The van der Waals surface area contributed by atoms with Crippen LogP contribution in [0.15, 0.2) is 18.2 Å². The molecular formula is C15H21FN2O2. The molecule has 5 heteroatoms. The van der Waals surface area contributed by atoms with Crippen LogP contribution in [0, 0.1) is 5.82 Å². The maximum Gasteiger partial charge on any atom is 0.338 e. The van der Waals surface area contributed by atoms with Crippen molar-refractivity contribution in [2.75, 3.05) is 27.2 Å². The van der Waals surface area contributed by atoms with Crippen LogP contribution >= 0.6 is 0 Å². The van der Waals surface area contributed by atoms with E-state index in [1.165, 1.54) is 18.6 Å². The summed E-state index contributed by atoms with van der Waals surface area (Å²) in [5.74, 6) is -1.89. The maximum absolute atomic E-state index is 13.4. The molecule has 1 N–H and O–H groups in total. The van der Waals surface area contributed by atoms with Gasteiger partial charge < -0.3 is 10.0 Å². The number of nitrogens with zero attached hydrogens (tertiary/aromatic N) is 2. The number of hydrogen-bond acceptors (Lipinski definition) is 3. The molecule has 1 fully saturated rings. The molecule has 0 spiro atoms. The molecule has 110 valence electrons. The van der Waals surface area contributed by atoms with E-state index in [9.17, 15) is 9.18 Å². The second-order valence-electron chi connectivity index (χ2n) is 5.61. The highest BCUT2D eigenvalue weighted by atomic mass is 19.1. The fraction of sp³-hybridized carbons (Fsp3) is 0.533. The van der Waals surface area contributed by atoms with Crippen molar-refractivity contribution in [3.8, 4) is 0 Å². The molecule has 0 radical (unpaired) electrons. The highest BCUT2D eigenvalue weighted by Crippen LogP contribution is 2.18. The number of carboxylic acids is 1. The van der Waals surface area contributed by atoms with Gasteiger partial charge in [0.2, 0.25) is 0 Å². The Bertz CT molecular complexity index is 491. The number of hydrogen-bond donors (Lipinski definition) is 1. The second kappa shape index (κ2) is 6.33. The van der Waals surface area contributed by atoms with Gasteiger partial charge in [-0.25, -0.2) is 9.18 Å². The zero-order valence-electron chi connectivity index (χ0n) is 12.0. The molecule has 0 aliphatic carbocycles. The molecule has 1 saturated heterocycles. The zero-order valence-corrected chi connectivity index (χ0v) is 12.0. The molecule has 2 rings (SSSR count). The van der Waals surface area contributed by atoms with E-state index in [4.69, 9.17) is 5.11 Å². The maximum atomic E-state index is 13.4. The van der Waals surface area contributed by atoms with E-state index in [0.717, 1.165) is 25.1 Å². The molecule has 1 unspecified atom stereocenters. The summed E-state index contributed by atoms with van der Waals surface area (Å²) >= 11 is 0. The number of likely N-dealkylation sites (tertiary alicyclic amines) is 1. The van der Waals surface area contributed by atoms with Gasteiger partial charge in [0.1, 0.15) is 5.82 Å². The number of aromatic carboxylic acids is 1. The van der Waals surface area contributed by atoms with Gasteiger partial charge in [-0.15, -0.1) is 0 Å². The monoisotopic (exact) mass is 280 g/mol. The number of carboxylic acid groups (broad SMARTS) is 1. The summed E-state index contributed by atoms with van der Waals surface area (Å²) in [5, 5.41) is 8.95. The highest BCUT2D eigenvalue weighted by Gasteiger charge is 2.21. The van der Waals surface area contributed by atoms with E-state index in [0.29, 0.717) is 12.6 Å². The van der Waals surface area contributed by atoms with E-state index in [2.05, 4.69) is 23.9 Å². The van der Waals surface area contributed by atoms with Crippen LogP contribution in [0.3, 0.4) is 0 Å². The molecular weight excluding hydrogens is 259 g/mol. The number of likely N-dealkylation sites (N-methyl/N-ethyl adjacent to an activating group) is 1. The molecule has 1 atom stereocenters. The summed E-state index contributed by atoms with van der Waals surface area (Å²) in [5.41, 5.74) is 0.604. The predicted octanol–water partition coefficient (Wildman–Crippen LogP) is 2.05. The molecule has 0 aromatic heterocycles. The van der Waals surface area contributed by atoms with Gasteiger partial charge in [-0.2, -0.15) is 0 Å². The SMILES string of the molecule is CN(C)C1CCCN(Cc2ccc(F)c(C(=O)O)c2)C1. The van der Waals surface area contributed by atoms with E-state index in [-0.39, 0.29) is 5.56 Å². The van der Waals surface area contributed by atoms with Crippen LogP contribution in [0.5, 0.6) is 0 Å². The minimum absolute atomic E-state index is 0.247. The first kappa shape index (κ1) is 14.9. The average Bonchev–Trinajstić information content (AvgIpc) is 2.41. The second-order valence-corrected chi connectivity index (χ2v) is 5.61. The smallest absolute Gasteiger partial charge is 0.338 e. The Morgan fingerprint density at radius 2 is 2.25 bits per heavy atom. The van der Waals surface area contributed by atoms with Crippen LogP contribution < -0.4 is 0 Å². The van der Waals surface area contributed by atoms with Gasteiger partial charge in [-0.1, -0.05) is 6.07 Å². The number of piperidine rings is 1. The van der Waals surface area contributed by atoms with Crippen molar-refractivity contribution in [3.05, 3.63) is 35.1 Å². The Hall–Kier alpha value is -1.46. The predicted molar refractivity (Wildman–Crippen MR) is 75.3 cm³/mol. The summed E-state index contributed by atoms with van der Waals surface area (Å²) in [6.45, 7) is 2.64. The fourth-order valence-electron chi connectivity index (χ4n) is 2.69. The van der Waals surface area contributed by atoms with Gasteiger partial charge in [-0.05, 0) is 51.2 Å². The van der Waals surface area contributed by atoms with Gasteiger partial charge in [-0.3, -0.25) is 4.90 Å². The number of halogens is 1. The Morgan fingerprint density at radius 1 is 1.50 bits per heavy atom. The third kappa shape index (κ3) is 3.55. The third-order valence-corrected chi connectivity index (χ3v) is 3.88. The van der Waals surface area contributed by atoms with Crippen LogP contribution in [-0.4, -0.2) is 54.1 Å². The topological polar surface area (TPSA) is 43.8 Å². The van der Waals surface area contributed by atoms with Crippen molar-refractivity contribution in [2.45, 2.75) is 25.4 Å². The van der Waals surface area contributed by atoms with Crippen LogP contribution in [-0.2, 0) is 6.54 Å². The minimum Gasteiger partial charge on any atom is -0.478 e. The average molecular weight is 280 g/mol. The minimum atomic E-state index is -1.21. The third-order valence-electron chi connectivity index (χ3n) is 3.88. The summed E-state index contributed by atoms with van der Waals surface area (Å²) in [7, 11) is 4.16. The van der Waals surface area contributed by atoms with Crippen molar-refractivity contribution in [1.82, 2.24) is 9.80 Å². The Labute approximate surface area is 118 Å². The molecule has 0 bridgehead atoms. The molecule has 1 aromatic carbocycles. The lowest BCUT2D eigenvalue weighted by Crippen LogP contribution is -2.44. The summed E-state index contributed by atoms with van der Waals surface area (Å²) in [6, 6.07) is 4.88. The van der Waals surface area contributed by atoms with Gasteiger partial charge in [0.05, 0.1) is 5.56 Å². The molecule has 0 amide bonds. The largest absolute Gasteiger partial charge is 0.478 e. The first-order chi connectivity index (χ1) is 9.47. The van der Waals surface area contributed by atoms with Crippen LogP contribution in [0.2, 0.25) is 0 Å². The lowest BCUT2D eigenvalue weighted by atomic mass is 10.0. The summed E-state index contributed by atoms with van der Waals surface area (Å²) in [6.07, 6.45) is 2.32. The summed E-state index contributed by atoms with van der Waals surface area (Å²) < 4.78 is 13.4. The van der Waals surface area contributed by atoms with Crippen LogP contribution in [0.4, 0.5) is 4.39 Å². The van der Waals surface area contributed by atoms with E-state index in [1.807, 2.05) is 0 Å². The van der Waals surface area contributed by atoms with E-state index >= 15 is 0 Å². The zero-order chi connectivity index (χ0) is 14.7. The normalized spacial score (nSPS) is 20.3. The first-order valence-corrected chi connectivity index (χ1v) is 6.88. The number of rotatable bonds is 4. The molecule has 1 aliphatic rings. The van der Waals surface area contributed by atoms with Gasteiger partial charge in [0.15, 0.2) is 0 Å². The first-order valence-electron chi connectivity index (χ1n) is 6.88. The standard InChI is InChI=1S/C15H21FN2O2/c1-17(2)12-4-3-7-18(10-12)9-11-5-6-14(16)13(8-11)15(19)20/h5-6,8,12H,3-4,7,9-10H2,1-2H3,(H,19,20). The number of benzene rings is 1. The quantitative estimate of drug-likeness (QED) is 0.916. The van der Waals surface area contributed by atoms with Crippen molar-refractivity contribution in [3.63, 3.8) is 0 Å². The summed E-state index contributed by atoms with van der Waals surface area (Å²) in [4.78, 5) is 15.5. The fourth-order valence-corrected chi connectivity index (χ4v) is 2.69. The lowest BCUT2D eigenvalue weighted by molar-refractivity contribution is 0.0691. The van der Waals surface area contributed by atoms with Crippen LogP contribution in [0.25, 0.3) is 0 Å². The number of carbonyl (C=O) groups is 1. The van der Waals surface area contributed by atoms with E-state index in [1.54, 1.807) is 6.07 Å². The lowest BCUT2D eigenvalue weighted by Gasteiger charge is -2.36. The Kier molecular flexibility index (Phi) is 4.73. The van der Waals surface area contributed by atoms with E-state index < -0.39 is 11.8 Å². The highest BCUT2D eigenvalue weighted by molar-refractivity contribution is 5.88. The molecule has 1 heterocycles. The van der Waals surface area contributed by atoms with Gasteiger partial charge in [0.25, 0.3) is 0 Å². The Morgan fingerprint density at radius 3 is 2.90 bits per heavy atom. The molecule has 1 aliphatic heterocycles. The molecule has 20 heavy (non-hydrogen) atoms. The van der Waals surface area contributed by atoms with Crippen molar-refractivity contribution in [2.24, 2.45) is 0 Å². The van der Waals surface area contributed by atoms with Crippen molar-refractivity contribution in [1.29, 1.82) is 0 Å². The van der Waals surface area contributed by atoms with Gasteiger partial charge >= 0.3 is 5.97 Å².